The summed E-state index contributed by atoms with van der Waals surface area (Å²) in [7, 11) is 0. The van der Waals surface area contributed by atoms with Gasteiger partial charge in [0.25, 0.3) is 0 Å². The van der Waals surface area contributed by atoms with Gasteiger partial charge in [-0.1, -0.05) is 165 Å². The van der Waals surface area contributed by atoms with E-state index in [0.717, 1.165) is 12.1 Å². The molecule has 2 heteroatoms. The minimum atomic E-state index is -0.179. The minimum absolute atomic E-state index is 0.179. The Morgan fingerprint density at radius 1 is 0.386 bits per heavy atom. The van der Waals surface area contributed by atoms with Crippen molar-refractivity contribution in [1.82, 2.24) is 9.13 Å². The fraction of sp³-hybridized carbons (Fsp3) is 0.0545. The number of hydrogen-bond acceptors (Lipinski definition) is 0. The molecule has 0 fully saturated rings. The monoisotopic (exact) mass is 728 g/mol. The lowest BCUT2D eigenvalue weighted by Gasteiger charge is -2.30. The van der Waals surface area contributed by atoms with Crippen LogP contribution < -0.4 is 0 Å². The minimum Gasteiger partial charge on any atom is -0.310 e. The number of nitrogens with zero attached hydrogens (tertiary/aromatic N) is 2. The molecule has 0 saturated heterocycles. The van der Waals surface area contributed by atoms with Crippen molar-refractivity contribution in [2.45, 2.75) is 18.8 Å². The molecule has 0 spiro atoms. The molecule has 1 aliphatic carbocycles. The molecule has 8 aromatic carbocycles. The first-order chi connectivity index (χ1) is 28.1. The molecule has 2 heterocycles. The average Bonchev–Trinajstić information content (AvgIpc) is 3.80. The van der Waals surface area contributed by atoms with E-state index in [0.29, 0.717) is 0 Å². The molecular formula is C55H40N2. The zero-order valence-corrected chi connectivity index (χ0v) is 31.8. The van der Waals surface area contributed by atoms with Gasteiger partial charge in [-0.3, -0.25) is 0 Å². The molecule has 0 aliphatic heterocycles. The maximum atomic E-state index is 2.43. The number of fused-ring (bicyclic) bond motifs is 6. The summed E-state index contributed by atoms with van der Waals surface area (Å²) in [5, 5.41) is 5.13. The van der Waals surface area contributed by atoms with Crippen molar-refractivity contribution in [1.29, 1.82) is 0 Å². The number of aromatic nitrogens is 2. The fourth-order valence-corrected chi connectivity index (χ4v) is 9.11. The fourth-order valence-electron chi connectivity index (χ4n) is 9.11. The number of hydrogen-bond donors (Lipinski definition) is 0. The van der Waals surface area contributed by atoms with Gasteiger partial charge in [0.15, 0.2) is 0 Å². The molecule has 0 N–H and O–H groups in total. The van der Waals surface area contributed by atoms with Crippen LogP contribution in [0.4, 0.5) is 0 Å². The Labute approximate surface area is 332 Å². The van der Waals surface area contributed by atoms with Gasteiger partial charge in [-0.15, -0.1) is 0 Å². The van der Waals surface area contributed by atoms with E-state index < -0.39 is 0 Å². The van der Waals surface area contributed by atoms with Crippen molar-refractivity contribution >= 4 is 49.3 Å². The molecular weight excluding hydrogens is 689 g/mol. The highest BCUT2D eigenvalue weighted by atomic mass is 15.0. The molecule has 2 nitrogen and oxygen atoms in total. The Morgan fingerprint density at radius 3 is 1.37 bits per heavy atom. The Bertz CT molecular complexity index is 3100. The zero-order valence-electron chi connectivity index (χ0n) is 31.8. The van der Waals surface area contributed by atoms with Crippen molar-refractivity contribution in [2.24, 2.45) is 0 Å². The van der Waals surface area contributed by atoms with Crippen LogP contribution in [0.3, 0.4) is 0 Å². The van der Waals surface area contributed by atoms with Crippen LogP contribution in [0, 0.1) is 0 Å². The van der Waals surface area contributed by atoms with Crippen LogP contribution in [0.15, 0.2) is 212 Å². The van der Waals surface area contributed by atoms with E-state index in [1.54, 1.807) is 0 Å². The molecule has 57 heavy (non-hydrogen) atoms. The maximum absolute atomic E-state index is 2.43. The smallest absolute Gasteiger partial charge is 0.0541 e. The molecule has 0 amide bonds. The van der Waals surface area contributed by atoms with Crippen LogP contribution in [0.1, 0.15) is 18.9 Å². The van der Waals surface area contributed by atoms with E-state index in [4.69, 9.17) is 0 Å². The van der Waals surface area contributed by atoms with Crippen LogP contribution in [-0.4, -0.2) is 9.13 Å². The van der Waals surface area contributed by atoms with Crippen LogP contribution in [0.25, 0.3) is 88.4 Å². The summed E-state index contributed by atoms with van der Waals surface area (Å²) in [5.74, 6) is 0. The summed E-state index contributed by atoms with van der Waals surface area (Å²) in [6.45, 7) is 2.38. The molecule has 1 atom stereocenters. The molecule has 1 unspecified atom stereocenters. The third-order valence-electron chi connectivity index (χ3n) is 12.1. The van der Waals surface area contributed by atoms with Crippen molar-refractivity contribution in [3.05, 3.63) is 218 Å². The Kier molecular flexibility index (Phi) is 7.72. The predicted octanol–water partition coefficient (Wildman–Crippen LogP) is 14.7. The van der Waals surface area contributed by atoms with Crippen LogP contribution in [0.5, 0.6) is 0 Å². The van der Waals surface area contributed by atoms with Crippen LogP contribution >= 0.6 is 0 Å². The third-order valence-corrected chi connectivity index (χ3v) is 12.1. The van der Waals surface area contributed by atoms with Gasteiger partial charge in [0, 0.05) is 38.3 Å². The second-order valence-electron chi connectivity index (χ2n) is 15.6. The van der Waals surface area contributed by atoms with Crippen molar-refractivity contribution < 1.29 is 0 Å². The molecule has 2 aromatic heterocycles. The van der Waals surface area contributed by atoms with Gasteiger partial charge in [-0.25, -0.2) is 0 Å². The van der Waals surface area contributed by atoms with Gasteiger partial charge in [0.1, 0.15) is 0 Å². The highest BCUT2D eigenvalue weighted by Gasteiger charge is 2.27. The average molecular weight is 729 g/mol. The summed E-state index contributed by atoms with van der Waals surface area (Å²) in [4.78, 5) is 0. The molecule has 0 bridgehead atoms. The quantitative estimate of drug-likeness (QED) is 0.161. The molecule has 0 radical (unpaired) electrons. The van der Waals surface area contributed by atoms with Gasteiger partial charge in [-0.05, 0) is 100.0 Å². The summed E-state index contributed by atoms with van der Waals surface area (Å²) >= 11 is 0. The molecule has 0 saturated carbocycles. The summed E-state index contributed by atoms with van der Waals surface area (Å²) in [6.07, 6.45) is 8.09. The second kappa shape index (κ2) is 13.3. The largest absolute Gasteiger partial charge is 0.310 e. The standard InChI is InChI=1S/C55H40N2/c1-55(32-30-46(31-33-55)57-53-24-11-7-20-49(53)50-21-8-12-25-54(50)57)44-36-42(38-14-3-2-4-15-38)35-43(37-44)41-17-13-16-40(34-41)39-26-28-45(29-27-39)56-51-22-9-5-18-47(51)48-19-6-10-23-52(48)56/h2-32,34-37H,33H2,1H3. The predicted molar refractivity (Wildman–Crippen MR) is 242 cm³/mol. The van der Waals surface area contributed by atoms with Crippen molar-refractivity contribution in [2.75, 3.05) is 0 Å². The van der Waals surface area contributed by atoms with E-state index in [1.165, 1.54) is 88.3 Å². The van der Waals surface area contributed by atoms with E-state index in [1.807, 2.05) is 0 Å². The van der Waals surface area contributed by atoms with E-state index in [2.05, 4.69) is 228 Å². The van der Waals surface area contributed by atoms with Gasteiger partial charge >= 0.3 is 0 Å². The van der Waals surface area contributed by atoms with Crippen molar-refractivity contribution in [3.8, 4) is 39.1 Å². The van der Waals surface area contributed by atoms with E-state index in [-0.39, 0.29) is 5.41 Å². The zero-order chi connectivity index (χ0) is 37.9. The Balaban J connectivity index is 0.962. The van der Waals surface area contributed by atoms with Crippen molar-refractivity contribution in [3.63, 3.8) is 0 Å². The second-order valence-corrected chi connectivity index (χ2v) is 15.6. The van der Waals surface area contributed by atoms with Gasteiger partial charge in [-0.2, -0.15) is 0 Å². The lowest BCUT2D eigenvalue weighted by Crippen LogP contribution is -2.21. The maximum Gasteiger partial charge on any atom is 0.0541 e. The first kappa shape index (κ1) is 33.2. The Morgan fingerprint density at radius 2 is 0.825 bits per heavy atom. The summed E-state index contributed by atoms with van der Waals surface area (Å²) in [5.41, 5.74) is 15.8. The first-order valence-electron chi connectivity index (χ1n) is 19.9. The normalized spacial score (nSPS) is 15.5. The lowest BCUT2D eigenvalue weighted by molar-refractivity contribution is 0.600. The SMILES string of the molecule is CC1(c2cc(-c3ccccc3)cc(-c3cccc(-c4ccc(-n5c6ccccc6c6ccccc65)cc4)c3)c2)C=CC(n2c3ccccc3c3ccccc32)=CC1. The molecule has 11 rings (SSSR count). The molecule has 10 aromatic rings. The summed E-state index contributed by atoms with van der Waals surface area (Å²) in [6, 6.07) is 70.9. The number of para-hydroxylation sites is 4. The topological polar surface area (TPSA) is 9.86 Å². The van der Waals surface area contributed by atoms with Crippen LogP contribution in [-0.2, 0) is 5.41 Å². The highest BCUT2D eigenvalue weighted by Crippen LogP contribution is 2.42. The number of rotatable bonds is 6. The third kappa shape index (κ3) is 5.56. The lowest BCUT2D eigenvalue weighted by atomic mass is 9.75. The highest BCUT2D eigenvalue weighted by molar-refractivity contribution is 6.11. The van der Waals surface area contributed by atoms with Gasteiger partial charge in [0.05, 0.1) is 22.1 Å². The van der Waals surface area contributed by atoms with Gasteiger partial charge < -0.3 is 9.13 Å². The van der Waals surface area contributed by atoms with Gasteiger partial charge in [0.2, 0.25) is 0 Å². The molecule has 1 aliphatic rings. The van der Waals surface area contributed by atoms with E-state index in [9.17, 15) is 0 Å². The first-order valence-corrected chi connectivity index (χ1v) is 19.9. The van der Waals surface area contributed by atoms with E-state index >= 15 is 0 Å². The number of allylic oxidation sites excluding steroid dienone is 4. The molecule has 270 valence electrons. The summed E-state index contributed by atoms with van der Waals surface area (Å²) < 4.78 is 4.80. The van der Waals surface area contributed by atoms with Crippen LogP contribution in [0.2, 0.25) is 0 Å². The Hall–Kier alpha value is -7.16. The number of benzene rings is 8.